The van der Waals surface area contributed by atoms with Crippen LogP contribution in [0.5, 0.6) is 11.5 Å². The van der Waals surface area contributed by atoms with Crippen molar-refractivity contribution < 1.29 is 29.0 Å². The highest BCUT2D eigenvalue weighted by molar-refractivity contribution is 6.33. The topological polar surface area (TPSA) is 120 Å². The van der Waals surface area contributed by atoms with E-state index in [0.717, 1.165) is 0 Å². The zero-order valence-electron chi connectivity index (χ0n) is 17.0. The minimum absolute atomic E-state index is 0.0509. The van der Waals surface area contributed by atoms with E-state index in [1.807, 2.05) is 6.92 Å². The third-order valence-corrected chi connectivity index (χ3v) is 6.11. The molecule has 1 aromatic heterocycles. The molecule has 3 N–H and O–H groups in total. The van der Waals surface area contributed by atoms with E-state index in [2.05, 4.69) is 5.32 Å². The number of ketones is 2. The van der Waals surface area contributed by atoms with Gasteiger partial charge in [0.05, 0.1) is 22.1 Å². The lowest BCUT2D eigenvalue weighted by molar-refractivity contribution is 0.0655. The molecule has 8 nitrogen and oxygen atoms in total. The van der Waals surface area contributed by atoms with E-state index in [4.69, 9.17) is 4.42 Å². The van der Waals surface area contributed by atoms with Crippen molar-refractivity contribution in [1.29, 1.82) is 0 Å². The van der Waals surface area contributed by atoms with Crippen LogP contribution in [0.3, 0.4) is 0 Å². The van der Waals surface area contributed by atoms with E-state index in [1.54, 1.807) is 24.0 Å². The van der Waals surface area contributed by atoms with Crippen LogP contribution in [0.15, 0.2) is 28.7 Å². The fraction of sp³-hybridized carbons (Fsp3) is 0.261. The molecule has 8 heteroatoms. The Labute approximate surface area is 177 Å². The number of nitrogens with one attached hydrogen (secondary N) is 1. The Morgan fingerprint density at radius 1 is 1.10 bits per heavy atom. The molecule has 2 aromatic carbocycles. The van der Waals surface area contributed by atoms with Crippen LogP contribution < -0.4 is 5.32 Å². The normalized spacial score (nSPS) is 18.3. The number of aryl methyl sites for hydroxylation is 1. The Kier molecular flexibility index (Phi) is 4.16. The van der Waals surface area contributed by atoms with Gasteiger partial charge in [0.1, 0.15) is 11.5 Å². The summed E-state index contributed by atoms with van der Waals surface area (Å²) in [6.07, 6.45) is 0. The van der Waals surface area contributed by atoms with Crippen molar-refractivity contribution in [2.24, 2.45) is 0 Å². The van der Waals surface area contributed by atoms with Gasteiger partial charge < -0.3 is 24.8 Å². The number of furan rings is 1. The summed E-state index contributed by atoms with van der Waals surface area (Å²) in [5.74, 6) is -2.43. The van der Waals surface area contributed by atoms with E-state index in [9.17, 15) is 24.6 Å². The van der Waals surface area contributed by atoms with Gasteiger partial charge >= 0.3 is 0 Å². The maximum atomic E-state index is 13.4. The average molecular weight is 420 g/mol. The van der Waals surface area contributed by atoms with Gasteiger partial charge in [0, 0.05) is 36.8 Å². The second-order valence-corrected chi connectivity index (χ2v) is 7.94. The number of aromatic hydroxyl groups is 2. The van der Waals surface area contributed by atoms with Crippen molar-refractivity contribution in [1.82, 2.24) is 10.2 Å². The third kappa shape index (κ3) is 2.55. The molecule has 3 aromatic rings. The van der Waals surface area contributed by atoms with Crippen LogP contribution in [0.25, 0.3) is 11.0 Å². The molecule has 1 amide bonds. The number of hydrogen-bond donors (Lipinski definition) is 3. The first-order chi connectivity index (χ1) is 14.8. The minimum atomic E-state index is -0.590. The Balaban J connectivity index is 1.78. The molecule has 0 bridgehead atoms. The van der Waals surface area contributed by atoms with Crippen LogP contribution in [0.2, 0.25) is 0 Å². The van der Waals surface area contributed by atoms with Crippen LogP contribution in [0.1, 0.15) is 54.9 Å². The van der Waals surface area contributed by atoms with E-state index in [1.165, 1.54) is 12.1 Å². The molecular weight excluding hydrogens is 400 g/mol. The van der Waals surface area contributed by atoms with E-state index >= 15 is 0 Å². The van der Waals surface area contributed by atoms with Gasteiger partial charge in [-0.25, -0.2) is 0 Å². The number of nitrogens with zero attached hydrogens (tertiary/aromatic N) is 1. The van der Waals surface area contributed by atoms with Crippen LogP contribution in [0, 0.1) is 6.92 Å². The van der Waals surface area contributed by atoms with Crippen LogP contribution in [0.4, 0.5) is 0 Å². The smallest absolute Gasteiger partial charge is 0.258 e. The van der Waals surface area contributed by atoms with Gasteiger partial charge in [0.15, 0.2) is 22.9 Å². The number of piperazine rings is 1. The highest BCUT2D eigenvalue weighted by Gasteiger charge is 2.39. The number of hydrogen-bond acceptors (Lipinski definition) is 7. The molecule has 1 atom stereocenters. The standard InChI is InChI=1S/C23H20N2O6/c1-10-9-24-7-8-25(10)23(30)14-11(2)31-22-17(14)20(28)15-16(21(22)29)19(27)13-6-4-3-5-12(13)18(15)26/h3-6,10,24,28-29H,7-9H2,1-2H3. The summed E-state index contributed by atoms with van der Waals surface area (Å²) >= 11 is 0. The number of carbonyl (C=O) groups is 3. The molecule has 31 heavy (non-hydrogen) atoms. The number of benzene rings is 2. The van der Waals surface area contributed by atoms with Crippen LogP contribution in [-0.4, -0.2) is 58.3 Å². The van der Waals surface area contributed by atoms with E-state index in [-0.39, 0.29) is 56.5 Å². The largest absolute Gasteiger partial charge is 0.506 e. The molecule has 1 aliphatic carbocycles. The first-order valence-electron chi connectivity index (χ1n) is 10.0. The summed E-state index contributed by atoms with van der Waals surface area (Å²) in [6.45, 7) is 5.17. The molecule has 0 radical (unpaired) electrons. The number of rotatable bonds is 1. The predicted molar refractivity (Wildman–Crippen MR) is 111 cm³/mol. The van der Waals surface area contributed by atoms with E-state index < -0.39 is 23.1 Å². The third-order valence-electron chi connectivity index (χ3n) is 6.11. The van der Waals surface area contributed by atoms with Gasteiger partial charge in [-0.05, 0) is 13.8 Å². The molecule has 0 spiro atoms. The molecule has 1 aliphatic heterocycles. The molecule has 1 unspecified atom stereocenters. The molecule has 158 valence electrons. The Morgan fingerprint density at radius 2 is 1.71 bits per heavy atom. The fourth-order valence-electron chi connectivity index (χ4n) is 4.55. The van der Waals surface area contributed by atoms with Gasteiger partial charge in [-0.1, -0.05) is 24.3 Å². The van der Waals surface area contributed by atoms with Gasteiger partial charge in [-0.2, -0.15) is 0 Å². The zero-order valence-corrected chi connectivity index (χ0v) is 17.0. The maximum Gasteiger partial charge on any atom is 0.258 e. The number of carbonyl (C=O) groups excluding carboxylic acids is 3. The summed E-state index contributed by atoms with van der Waals surface area (Å²) in [7, 11) is 0. The number of amides is 1. The molecule has 1 saturated heterocycles. The Bertz CT molecular complexity index is 1310. The second kappa shape index (κ2) is 6.68. The first-order valence-corrected chi connectivity index (χ1v) is 10.0. The second-order valence-electron chi connectivity index (χ2n) is 7.94. The van der Waals surface area contributed by atoms with Crippen molar-refractivity contribution in [2.45, 2.75) is 19.9 Å². The van der Waals surface area contributed by atoms with Crippen molar-refractivity contribution in [3.05, 3.63) is 57.8 Å². The monoisotopic (exact) mass is 420 g/mol. The summed E-state index contributed by atoms with van der Waals surface area (Å²) in [5.41, 5.74) is -0.436. The molecule has 2 aliphatic rings. The summed E-state index contributed by atoms with van der Waals surface area (Å²) in [6, 6.07) is 6.14. The highest BCUT2D eigenvalue weighted by atomic mass is 16.4. The molecule has 0 saturated carbocycles. The molecule has 2 heterocycles. The van der Waals surface area contributed by atoms with Gasteiger partial charge in [0.25, 0.3) is 5.91 Å². The maximum absolute atomic E-state index is 13.4. The number of phenolic OH excluding ortho intramolecular Hbond substituents is 2. The molecule has 5 rings (SSSR count). The summed E-state index contributed by atoms with van der Waals surface area (Å²) < 4.78 is 5.66. The van der Waals surface area contributed by atoms with Crippen molar-refractivity contribution in [3.8, 4) is 11.5 Å². The lowest BCUT2D eigenvalue weighted by atomic mass is 9.82. The van der Waals surface area contributed by atoms with Crippen LogP contribution >= 0.6 is 0 Å². The quantitative estimate of drug-likeness (QED) is 0.404. The SMILES string of the molecule is Cc1oc2c(O)c3c(c(O)c2c1C(=O)N1CCNCC1C)C(=O)c1ccccc1C3=O. The average Bonchev–Trinajstić information content (AvgIpc) is 3.12. The van der Waals surface area contributed by atoms with Crippen molar-refractivity contribution in [2.75, 3.05) is 19.6 Å². The minimum Gasteiger partial charge on any atom is -0.506 e. The highest BCUT2D eigenvalue weighted by Crippen LogP contribution is 2.47. The lowest BCUT2D eigenvalue weighted by Gasteiger charge is -2.34. The number of fused-ring (bicyclic) bond motifs is 3. The zero-order chi connectivity index (χ0) is 22.0. The Morgan fingerprint density at radius 3 is 2.32 bits per heavy atom. The molecular formula is C23H20N2O6. The number of phenols is 2. The molecule has 1 fully saturated rings. The summed E-state index contributed by atoms with van der Waals surface area (Å²) in [4.78, 5) is 41.2. The van der Waals surface area contributed by atoms with E-state index in [0.29, 0.717) is 19.6 Å². The van der Waals surface area contributed by atoms with Gasteiger partial charge in [-0.15, -0.1) is 0 Å². The Hall–Kier alpha value is -3.65. The fourth-order valence-corrected chi connectivity index (χ4v) is 4.55. The first kappa shape index (κ1) is 19.3. The van der Waals surface area contributed by atoms with Gasteiger partial charge in [-0.3, -0.25) is 14.4 Å². The predicted octanol–water partition coefficient (Wildman–Crippen LogP) is 2.36. The van der Waals surface area contributed by atoms with Crippen LogP contribution in [-0.2, 0) is 0 Å². The van der Waals surface area contributed by atoms with Crippen molar-refractivity contribution >= 4 is 28.4 Å². The lowest BCUT2D eigenvalue weighted by Crippen LogP contribution is -2.52. The van der Waals surface area contributed by atoms with Gasteiger partial charge in [0.2, 0.25) is 0 Å². The van der Waals surface area contributed by atoms with Crippen molar-refractivity contribution in [3.63, 3.8) is 0 Å². The summed E-state index contributed by atoms with van der Waals surface area (Å²) in [5, 5.41) is 25.2.